The summed E-state index contributed by atoms with van der Waals surface area (Å²) in [5.74, 6) is -6.11. The summed E-state index contributed by atoms with van der Waals surface area (Å²) in [6.45, 7) is 15.1. The third-order valence-electron chi connectivity index (χ3n) is 14.9. The van der Waals surface area contributed by atoms with E-state index in [0.29, 0.717) is 42.6 Å². The zero-order valence-corrected chi connectivity index (χ0v) is 47.6. The van der Waals surface area contributed by atoms with E-state index in [1.807, 2.05) is 19.2 Å². The van der Waals surface area contributed by atoms with E-state index in [0.717, 1.165) is 24.2 Å². The lowest BCUT2D eigenvalue weighted by Crippen LogP contribution is -2.46. The van der Waals surface area contributed by atoms with Gasteiger partial charge in [0.25, 0.3) is 11.7 Å². The van der Waals surface area contributed by atoms with Crippen molar-refractivity contribution in [2.24, 2.45) is 28.8 Å². The number of aromatic hydroxyl groups is 3. The lowest BCUT2D eigenvalue weighted by molar-refractivity contribution is -0.160. The highest BCUT2D eigenvalue weighted by atomic mass is 16.7. The van der Waals surface area contributed by atoms with Crippen molar-refractivity contribution in [2.75, 3.05) is 78.5 Å². The van der Waals surface area contributed by atoms with Gasteiger partial charge in [0.1, 0.15) is 29.2 Å². The molecule has 10 N–H and O–H groups in total. The number of hydrogen-bond donors (Lipinski definition) is 8. The van der Waals surface area contributed by atoms with Crippen LogP contribution in [0.2, 0.25) is 0 Å². The van der Waals surface area contributed by atoms with Gasteiger partial charge in [0.2, 0.25) is 11.7 Å². The number of aromatic nitrogens is 2. The van der Waals surface area contributed by atoms with Crippen LogP contribution in [-0.4, -0.2) is 161 Å². The summed E-state index contributed by atoms with van der Waals surface area (Å²) in [7, 11) is 8.12. The summed E-state index contributed by atoms with van der Waals surface area (Å²) in [6.07, 6.45) is 7.00. The van der Waals surface area contributed by atoms with Crippen LogP contribution in [0.25, 0.3) is 10.8 Å². The normalized spacial score (nSPS) is 26.3. The number of likely N-dealkylation sites (N-methyl/N-ethyl adjacent to an activating group) is 1. The number of fused-ring (bicyclic) bond motifs is 14. The number of carbonyl (C=O) groups is 3. The summed E-state index contributed by atoms with van der Waals surface area (Å²) < 4.78 is 39.5. The number of nitrogen functional groups attached to an aromatic ring is 2. The Morgan fingerprint density at radius 2 is 1.55 bits per heavy atom. The number of phenols is 3. The number of anilines is 3. The largest absolute Gasteiger partial charge is 0.507 e. The Morgan fingerprint density at radius 3 is 2.14 bits per heavy atom. The Balaban J connectivity index is 0.000000410. The Bertz CT molecular complexity index is 3040. The number of esters is 1. The number of rotatable bonds is 9. The van der Waals surface area contributed by atoms with Crippen LogP contribution in [0.5, 0.6) is 40.2 Å². The topological polar surface area (TPSA) is 326 Å². The van der Waals surface area contributed by atoms with Gasteiger partial charge < -0.3 is 80.4 Å². The van der Waals surface area contributed by atoms with Gasteiger partial charge in [0.05, 0.1) is 74.3 Å². The average Bonchev–Trinajstić information content (AvgIpc) is 3.91. The number of nitrogens with one attached hydrogen (secondary N) is 1. The minimum Gasteiger partial charge on any atom is -0.507 e. The molecule has 1 saturated heterocycles. The summed E-state index contributed by atoms with van der Waals surface area (Å²) in [5, 5.41) is 66.8. The van der Waals surface area contributed by atoms with Gasteiger partial charge in [0.15, 0.2) is 17.2 Å². The number of hydrazone groups is 1. The summed E-state index contributed by atoms with van der Waals surface area (Å²) in [4.78, 5) is 50.5. The van der Waals surface area contributed by atoms with Crippen molar-refractivity contribution in [3.05, 3.63) is 82.3 Å². The van der Waals surface area contributed by atoms with Crippen molar-refractivity contribution < 1.29 is 73.1 Å². The molecule has 434 valence electrons. The number of hydrogen-bond acceptors (Lipinski definition) is 22. The smallest absolute Gasteiger partial charge is 0.312 e. The molecule has 1 fully saturated rings. The van der Waals surface area contributed by atoms with E-state index in [-0.39, 0.29) is 50.4 Å². The van der Waals surface area contributed by atoms with Crippen molar-refractivity contribution in [2.45, 2.75) is 92.0 Å². The second-order valence-electron chi connectivity index (χ2n) is 20.5. The molecule has 1 amide bonds. The molecule has 4 aromatic rings. The molecule has 8 rings (SSSR count). The number of amides is 1. The Hall–Kier alpha value is -7.86. The molecule has 4 aliphatic heterocycles. The molecule has 0 aliphatic carbocycles. The third-order valence-corrected chi connectivity index (χ3v) is 14.9. The molecule has 5 bridgehead atoms. The van der Waals surface area contributed by atoms with E-state index in [4.69, 9.17) is 44.6 Å². The number of phenolic OH excluding ortho intramolecular Hbond substituents is 3. The number of aliphatic hydroxyl groups is 2. The molecule has 80 heavy (non-hydrogen) atoms. The van der Waals surface area contributed by atoms with Crippen molar-refractivity contribution in [1.82, 2.24) is 19.9 Å². The van der Waals surface area contributed by atoms with E-state index in [2.05, 4.69) is 25.3 Å². The molecule has 23 heteroatoms. The predicted molar refractivity (Wildman–Crippen MR) is 300 cm³/mol. The molecule has 0 radical (unpaired) electrons. The maximum atomic E-state index is 14.4. The number of nitrogens with two attached hydrogens (primary N) is 2. The van der Waals surface area contributed by atoms with Crippen LogP contribution >= 0.6 is 0 Å². The first kappa shape index (κ1) is 61.4. The zero-order chi connectivity index (χ0) is 59.1. The summed E-state index contributed by atoms with van der Waals surface area (Å²) in [5.41, 5.74) is 12.7. The quantitative estimate of drug-likeness (QED) is 0.0438. The fourth-order valence-corrected chi connectivity index (χ4v) is 9.95. The molecular weight excluding hydrogens is 1040 g/mol. The van der Waals surface area contributed by atoms with Crippen molar-refractivity contribution in [3.63, 3.8) is 0 Å². The Morgan fingerprint density at radius 1 is 0.900 bits per heavy atom. The predicted octanol–water partition coefficient (Wildman–Crippen LogP) is 5.59. The van der Waals surface area contributed by atoms with Gasteiger partial charge in [-0.15, -0.1) is 0 Å². The van der Waals surface area contributed by atoms with E-state index in [9.17, 15) is 39.9 Å². The van der Waals surface area contributed by atoms with Crippen LogP contribution in [0.3, 0.4) is 0 Å². The van der Waals surface area contributed by atoms with E-state index in [1.54, 1.807) is 72.4 Å². The number of ether oxygens (including phenoxy) is 7. The SMILES string of the molecule is CO[C@H]1/C=C/O[C@@]2(C)Oc3c(C)c(O)c4c(O)c(c(/C=N\N5CCN(C)CC5)c(O)c4c3C2=O)NC(=O)/C(C)=C/C=C/[C@H](C)[C@H](O)[C@@H](C)[C@@H](O)[C@@H](C)[C@H](OC(C)=O)[C@@H]1C.COc1cc(Cc2cnc(N)nc2N)cc(OC)c1OC. The van der Waals surface area contributed by atoms with Gasteiger partial charge in [-0.25, -0.2) is 4.98 Å². The van der Waals surface area contributed by atoms with Gasteiger partial charge in [-0.2, -0.15) is 10.1 Å². The van der Waals surface area contributed by atoms with Crippen molar-refractivity contribution >= 4 is 52.1 Å². The van der Waals surface area contributed by atoms with Crippen molar-refractivity contribution in [1.29, 1.82) is 0 Å². The van der Waals surface area contributed by atoms with Crippen LogP contribution in [0, 0.1) is 30.6 Å². The van der Waals surface area contributed by atoms with Gasteiger partial charge >= 0.3 is 11.8 Å². The molecule has 0 saturated carbocycles. The third kappa shape index (κ3) is 13.1. The van der Waals surface area contributed by atoms with Gasteiger partial charge in [-0.1, -0.05) is 45.9 Å². The number of Topliss-reactive ketones (excluding diaryl/α,β-unsaturated/α-hetero) is 1. The van der Waals surface area contributed by atoms with E-state index >= 15 is 0 Å². The highest BCUT2D eigenvalue weighted by Crippen LogP contribution is 2.55. The fraction of sp³-hybridized carbons (Fsp3) is 0.474. The highest BCUT2D eigenvalue weighted by Gasteiger charge is 2.50. The van der Waals surface area contributed by atoms with Crippen LogP contribution in [-0.2, 0) is 30.2 Å². The van der Waals surface area contributed by atoms with Crippen LogP contribution in [0.15, 0.2) is 59.6 Å². The molecule has 4 aliphatic rings. The second kappa shape index (κ2) is 25.9. The molecule has 0 unspecified atom stereocenters. The Labute approximate surface area is 465 Å². The lowest BCUT2D eigenvalue weighted by atomic mass is 9.78. The monoisotopic (exact) mass is 1110 g/mol. The number of aliphatic hydroxyl groups excluding tert-OH is 2. The second-order valence-corrected chi connectivity index (χ2v) is 20.5. The number of ketones is 1. The highest BCUT2D eigenvalue weighted by molar-refractivity contribution is 6.24. The summed E-state index contributed by atoms with van der Waals surface area (Å²) in [6, 6.07) is 3.72. The van der Waals surface area contributed by atoms with Gasteiger partial charge in [-0.05, 0) is 44.7 Å². The van der Waals surface area contributed by atoms with Crippen LogP contribution < -0.4 is 35.7 Å². The lowest BCUT2D eigenvalue weighted by Gasteiger charge is -2.38. The number of methoxy groups -OCH3 is 4. The van der Waals surface area contributed by atoms with Gasteiger partial charge in [0, 0.05) is 106 Å². The average molecular weight is 1110 g/mol. The molecule has 5 heterocycles. The number of allylic oxidation sites excluding steroid dienone is 2. The van der Waals surface area contributed by atoms with Crippen LogP contribution in [0.4, 0.5) is 17.5 Å². The first-order chi connectivity index (χ1) is 37.8. The van der Waals surface area contributed by atoms with E-state index in [1.165, 1.54) is 59.4 Å². The summed E-state index contributed by atoms with van der Waals surface area (Å²) >= 11 is 0. The minimum absolute atomic E-state index is 0.0559. The maximum Gasteiger partial charge on any atom is 0.312 e. The minimum atomic E-state index is -2.04. The number of carbonyl (C=O) groups excluding carboxylic acids is 3. The van der Waals surface area contributed by atoms with Crippen LogP contribution in [0.1, 0.15) is 81.1 Å². The standard InChI is InChI=1S/C43H58N4O12.C14H18N4O3/c1-21-12-11-13-22(2)42(55)45-33-28(20-44-47-17-15-46(9)16-18-47)37(52)30-31(38(33)53)36(51)26(6)40-32(30)41(54)43(8,59-40)57-19-14-29(56-10)23(3)39(58-27(7)48)25(5)35(50)24(4)34(21)49;1-19-10-5-8(6-11(20-2)12(10)21-3)4-9-7-17-14(16)18-13(9)15/h11-14,19-21,23-25,29,34-35,39,49-53H,15-18H2,1-10H3,(H,45,55);5-7H,4H2,1-3H3,(H4,15,16,17,18)/b12-11+,19-14+,22-13+,44-20-;/t21-,23+,24+,25+,29-,34-,35+,39+,43-;/m0./s1. The molecular formula is C57H76N8O15. The fourth-order valence-electron chi connectivity index (χ4n) is 9.95. The number of nitrogens with zero attached hydrogens (tertiary/aromatic N) is 5. The number of benzene rings is 3. The zero-order valence-electron chi connectivity index (χ0n) is 47.6. The van der Waals surface area contributed by atoms with E-state index < -0.39 is 88.8 Å². The molecule has 9 atom stereocenters. The molecule has 1 aromatic heterocycles. The molecule has 23 nitrogen and oxygen atoms in total. The maximum absolute atomic E-state index is 14.4. The number of piperazine rings is 1. The Kier molecular flexibility index (Phi) is 19.9. The first-order valence-electron chi connectivity index (χ1n) is 26.0. The van der Waals surface area contributed by atoms with Crippen molar-refractivity contribution in [3.8, 4) is 40.2 Å². The molecule has 3 aromatic carbocycles. The van der Waals surface area contributed by atoms with Gasteiger partial charge in [-0.3, -0.25) is 19.4 Å². The first-order valence-corrected chi connectivity index (χ1v) is 26.0. The molecule has 0 spiro atoms.